The van der Waals surface area contributed by atoms with Crippen LogP contribution in [-0.4, -0.2) is 26.0 Å². The Kier molecular flexibility index (Phi) is 6.38. The Morgan fingerprint density at radius 2 is 1.67 bits per heavy atom. The minimum Gasteiger partial charge on any atom is -0.502 e. The molecule has 1 aliphatic heterocycles. The molecule has 33 heavy (non-hydrogen) atoms. The Balaban J connectivity index is 1.94. The molecular weight excluding hydrogens is 485 g/mol. The standard InChI is InChI=1S/C24H19Cl2NO5S/c1-2-32-19-8-3-5-15(13-19)21-23(33(30,31)20-11-9-16(25)10-12-20)22(28)24(29)27(21)18-7-4-6-17(26)14-18/h3-14,21,28H,2H2,1H3. The minimum absolute atomic E-state index is 0.0971. The summed E-state index contributed by atoms with van der Waals surface area (Å²) in [6.07, 6.45) is 0. The number of aliphatic hydroxyl groups excluding tert-OH is 1. The smallest absolute Gasteiger partial charge is 0.295 e. The van der Waals surface area contributed by atoms with Gasteiger partial charge in [0.25, 0.3) is 5.91 Å². The first-order chi connectivity index (χ1) is 15.7. The van der Waals surface area contributed by atoms with E-state index in [0.29, 0.717) is 33.7 Å². The highest BCUT2D eigenvalue weighted by Crippen LogP contribution is 2.45. The molecule has 1 aliphatic rings. The van der Waals surface area contributed by atoms with Gasteiger partial charge < -0.3 is 9.84 Å². The molecule has 0 bridgehead atoms. The van der Waals surface area contributed by atoms with E-state index in [0.717, 1.165) is 0 Å². The minimum atomic E-state index is -4.28. The topological polar surface area (TPSA) is 83.9 Å². The predicted molar refractivity (Wildman–Crippen MR) is 128 cm³/mol. The van der Waals surface area contributed by atoms with Crippen molar-refractivity contribution in [2.75, 3.05) is 11.5 Å². The van der Waals surface area contributed by atoms with Crippen LogP contribution in [0.25, 0.3) is 0 Å². The summed E-state index contributed by atoms with van der Waals surface area (Å²) in [4.78, 5) is 13.9. The molecule has 6 nitrogen and oxygen atoms in total. The Hall–Kier alpha value is -3.00. The number of carbonyl (C=O) groups excluding carboxylic acids is 1. The molecule has 0 aliphatic carbocycles. The summed E-state index contributed by atoms with van der Waals surface area (Å²) in [7, 11) is -4.28. The number of nitrogens with zero attached hydrogens (tertiary/aromatic N) is 1. The average molecular weight is 504 g/mol. The fraction of sp³-hybridized carbons (Fsp3) is 0.125. The monoisotopic (exact) mass is 503 g/mol. The first-order valence-corrected chi connectivity index (χ1v) is 12.2. The quantitative estimate of drug-likeness (QED) is 0.464. The fourth-order valence-electron chi connectivity index (χ4n) is 3.73. The van der Waals surface area contributed by atoms with E-state index in [9.17, 15) is 18.3 Å². The predicted octanol–water partition coefficient (Wildman–Crippen LogP) is 5.72. The van der Waals surface area contributed by atoms with Gasteiger partial charge in [-0.25, -0.2) is 8.42 Å². The van der Waals surface area contributed by atoms with Crippen LogP contribution in [0.5, 0.6) is 5.75 Å². The van der Waals surface area contributed by atoms with Gasteiger partial charge in [0.05, 0.1) is 11.5 Å². The Bertz CT molecular complexity index is 1350. The van der Waals surface area contributed by atoms with E-state index in [1.807, 2.05) is 6.92 Å². The van der Waals surface area contributed by atoms with Crippen molar-refractivity contribution in [1.29, 1.82) is 0 Å². The van der Waals surface area contributed by atoms with Gasteiger partial charge in [0.15, 0.2) is 5.76 Å². The molecule has 0 aromatic heterocycles. The highest BCUT2D eigenvalue weighted by molar-refractivity contribution is 7.95. The maximum atomic E-state index is 13.6. The molecule has 0 fully saturated rings. The van der Waals surface area contributed by atoms with E-state index in [2.05, 4.69) is 0 Å². The normalized spacial score (nSPS) is 16.4. The maximum absolute atomic E-state index is 13.6. The lowest BCUT2D eigenvalue weighted by Crippen LogP contribution is -2.31. The van der Waals surface area contributed by atoms with Crippen LogP contribution in [0, 0.1) is 0 Å². The number of ether oxygens (including phenoxy) is 1. The number of hydrogen-bond donors (Lipinski definition) is 1. The SMILES string of the molecule is CCOc1cccc(C2C(S(=O)(=O)c3ccc(Cl)cc3)=C(O)C(=O)N2c2cccc(Cl)c2)c1. The van der Waals surface area contributed by atoms with Gasteiger partial charge in [-0.15, -0.1) is 0 Å². The number of benzene rings is 3. The van der Waals surface area contributed by atoms with Crippen LogP contribution in [0.2, 0.25) is 10.0 Å². The molecule has 0 saturated heterocycles. The number of carbonyl (C=O) groups is 1. The van der Waals surface area contributed by atoms with E-state index in [-0.39, 0.29) is 4.90 Å². The highest BCUT2D eigenvalue weighted by atomic mass is 35.5. The number of sulfone groups is 1. The molecule has 9 heteroatoms. The van der Waals surface area contributed by atoms with Crippen molar-refractivity contribution >= 4 is 44.6 Å². The zero-order chi connectivity index (χ0) is 23.8. The summed E-state index contributed by atoms with van der Waals surface area (Å²) in [5.41, 5.74) is 0.790. The van der Waals surface area contributed by atoms with Crippen molar-refractivity contribution in [2.45, 2.75) is 17.9 Å². The van der Waals surface area contributed by atoms with Gasteiger partial charge in [0.1, 0.15) is 16.7 Å². The van der Waals surface area contributed by atoms with Gasteiger partial charge in [-0.1, -0.05) is 41.4 Å². The molecule has 4 rings (SSSR count). The highest BCUT2D eigenvalue weighted by Gasteiger charge is 2.47. The van der Waals surface area contributed by atoms with E-state index in [1.165, 1.54) is 35.2 Å². The van der Waals surface area contributed by atoms with Gasteiger partial charge in [0, 0.05) is 15.7 Å². The third-order valence-corrected chi connectivity index (χ3v) is 7.52. The lowest BCUT2D eigenvalue weighted by Gasteiger charge is -2.27. The van der Waals surface area contributed by atoms with Crippen LogP contribution in [0.3, 0.4) is 0 Å². The van der Waals surface area contributed by atoms with Crippen molar-refractivity contribution in [3.63, 3.8) is 0 Å². The first-order valence-electron chi connectivity index (χ1n) is 9.99. The molecule has 1 amide bonds. The zero-order valence-electron chi connectivity index (χ0n) is 17.4. The molecule has 3 aromatic carbocycles. The Morgan fingerprint density at radius 1 is 0.970 bits per heavy atom. The molecule has 1 unspecified atom stereocenters. The number of hydrogen-bond acceptors (Lipinski definition) is 5. The summed E-state index contributed by atoms with van der Waals surface area (Å²) < 4.78 is 32.9. The molecule has 1 N–H and O–H groups in total. The van der Waals surface area contributed by atoms with Crippen LogP contribution >= 0.6 is 23.2 Å². The van der Waals surface area contributed by atoms with Crippen molar-refractivity contribution in [2.24, 2.45) is 0 Å². The zero-order valence-corrected chi connectivity index (χ0v) is 19.7. The van der Waals surface area contributed by atoms with Crippen LogP contribution in [0.4, 0.5) is 5.69 Å². The lowest BCUT2D eigenvalue weighted by atomic mass is 10.1. The third-order valence-electron chi connectivity index (χ3n) is 5.15. The second kappa shape index (κ2) is 9.09. The van der Waals surface area contributed by atoms with Gasteiger partial charge in [0.2, 0.25) is 9.84 Å². The molecular formula is C24H19Cl2NO5S. The van der Waals surface area contributed by atoms with Gasteiger partial charge >= 0.3 is 0 Å². The Labute approximate surface area is 201 Å². The molecule has 3 aromatic rings. The molecule has 0 saturated carbocycles. The van der Waals surface area contributed by atoms with E-state index < -0.39 is 32.5 Å². The third kappa shape index (κ3) is 4.31. The number of aliphatic hydroxyl groups is 1. The number of rotatable bonds is 6. The van der Waals surface area contributed by atoms with Crippen LogP contribution < -0.4 is 9.64 Å². The van der Waals surface area contributed by atoms with Crippen molar-refractivity contribution in [3.8, 4) is 5.75 Å². The first kappa shape index (κ1) is 23.2. The van der Waals surface area contributed by atoms with Gasteiger partial charge in [-0.05, 0) is 67.1 Å². The van der Waals surface area contributed by atoms with E-state index in [1.54, 1.807) is 42.5 Å². The largest absolute Gasteiger partial charge is 0.502 e. The second-order valence-electron chi connectivity index (χ2n) is 7.23. The summed E-state index contributed by atoms with van der Waals surface area (Å²) in [5, 5.41) is 11.5. The maximum Gasteiger partial charge on any atom is 0.295 e. The molecule has 170 valence electrons. The Morgan fingerprint density at radius 3 is 2.33 bits per heavy atom. The molecule has 1 heterocycles. The van der Waals surface area contributed by atoms with Gasteiger partial charge in [-0.2, -0.15) is 0 Å². The number of anilines is 1. The van der Waals surface area contributed by atoms with Crippen LogP contribution in [0.15, 0.2) is 88.4 Å². The lowest BCUT2D eigenvalue weighted by molar-refractivity contribution is -0.117. The van der Waals surface area contributed by atoms with Crippen molar-refractivity contribution in [3.05, 3.63) is 99.1 Å². The molecule has 0 radical (unpaired) electrons. The van der Waals surface area contributed by atoms with Crippen molar-refractivity contribution in [1.82, 2.24) is 0 Å². The van der Waals surface area contributed by atoms with Crippen LogP contribution in [-0.2, 0) is 14.6 Å². The summed E-state index contributed by atoms with van der Waals surface area (Å²) >= 11 is 12.1. The second-order valence-corrected chi connectivity index (χ2v) is 10.0. The molecule has 1 atom stereocenters. The van der Waals surface area contributed by atoms with Crippen LogP contribution in [0.1, 0.15) is 18.5 Å². The summed E-state index contributed by atoms with van der Waals surface area (Å²) in [6.45, 7) is 2.23. The molecule has 0 spiro atoms. The van der Waals surface area contributed by atoms with E-state index >= 15 is 0 Å². The van der Waals surface area contributed by atoms with Gasteiger partial charge in [-0.3, -0.25) is 9.69 Å². The summed E-state index contributed by atoms with van der Waals surface area (Å²) in [6, 6.07) is 17.6. The number of halogens is 2. The van der Waals surface area contributed by atoms with E-state index in [4.69, 9.17) is 27.9 Å². The number of amides is 1. The fourth-order valence-corrected chi connectivity index (χ4v) is 5.67. The van der Waals surface area contributed by atoms with Crippen molar-refractivity contribution < 1.29 is 23.1 Å². The average Bonchev–Trinajstić information content (AvgIpc) is 3.06. The summed E-state index contributed by atoms with van der Waals surface area (Å²) in [5.74, 6) is -1.20.